The third-order valence-corrected chi connectivity index (χ3v) is 2.73. The molecule has 0 aliphatic heterocycles. The monoisotopic (exact) mass is 290 g/mol. The van der Waals surface area contributed by atoms with Crippen molar-refractivity contribution in [1.82, 2.24) is 5.32 Å². The fourth-order valence-corrected chi connectivity index (χ4v) is 1.64. The van der Waals surface area contributed by atoms with Gasteiger partial charge < -0.3 is 14.8 Å². The number of ether oxygens (including phenoxy) is 2. The summed E-state index contributed by atoms with van der Waals surface area (Å²) in [4.78, 5) is 11.9. The van der Waals surface area contributed by atoms with Crippen LogP contribution < -0.4 is 14.8 Å². The van der Waals surface area contributed by atoms with Gasteiger partial charge in [0.1, 0.15) is 0 Å². The molecule has 0 saturated carbocycles. The Bertz CT molecular complexity index is 521. The van der Waals surface area contributed by atoms with Crippen LogP contribution in [0.2, 0.25) is 0 Å². The molecule has 1 atom stereocenters. The van der Waals surface area contributed by atoms with E-state index in [2.05, 4.69) is 5.32 Å². The summed E-state index contributed by atoms with van der Waals surface area (Å²) >= 11 is 0. The zero-order valence-electron chi connectivity index (χ0n) is 13.0. The van der Waals surface area contributed by atoms with Crippen molar-refractivity contribution in [2.45, 2.75) is 33.8 Å². The first-order valence-corrected chi connectivity index (χ1v) is 7.09. The molecule has 114 valence electrons. The Kier molecular flexibility index (Phi) is 6.54. The lowest BCUT2D eigenvalue weighted by molar-refractivity contribution is -0.127. The quantitative estimate of drug-likeness (QED) is 0.837. The Hall–Kier alpha value is -2.22. The summed E-state index contributed by atoms with van der Waals surface area (Å²) < 4.78 is 11.1. The average Bonchev–Trinajstić information content (AvgIpc) is 2.46. The van der Waals surface area contributed by atoms with Crippen molar-refractivity contribution in [3.8, 4) is 17.6 Å². The number of nitriles is 1. The van der Waals surface area contributed by atoms with Gasteiger partial charge in [0.25, 0.3) is 5.91 Å². The summed E-state index contributed by atoms with van der Waals surface area (Å²) in [5.41, 5.74) is 0.489. The SMILES string of the molecule is CCOc1cc(C#N)ccc1OC(C)C(=O)NCC(C)C. The molecule has 1 N–H and O–H groups in total. The second kappa shape index (κ2) is 8.15. The van der Waals surface area contributed by atoms with Crippen molar-refractivity contribution in [2.75, 3.05) is 13.2 Å². The molecule has 0 aromatic heterocycles. The number of rotatable bonds is 7. The van der Waals surface area contributed by atoms with E-state index in [9.17, 15) is 4.79 Å². The molecule has 0 heterocycles. The Morgan fingerprint density at radius 2 is 2.05 bits per heavy atom. The van der Waals surface area contributed by atoms with Gasteiger partial charge in [-0.1, -0.05) is 13.8 Å². The maximum absolute atomic E-state index is 11.9. The van der Waals surface area contributed by atoms with Crippen LogP contribution in [0.25, 0.3) is 0 Å². The maximum atomic E-state index is 11.9. The number of hydrogen-bond acceptors (Lipinski definition) is 4. The van der Waals surface area contributed by atoms with E-state index in [1.54, 1.807) is 25.1 Å². The number of benzene rings is 1. The predicted molar refractivity (Wildman–Crippen MR) is 80.3 cm³/mol. The maximum Gasteiger partial charge on any atom is 0.260 e. The lowest BCUT2D eigenvalue weighted by Crippen LogP contribution is -2.38. The van der Waals surface area contributed by atoms with E-state index in [4.69, 9.17) is 14.7 Å². The highest BCUT2D eigenvalue weighted by atomic mass is 16.5. The van der Waals surface area contributed by atoms with Gasteiger partial charge in [-0.15, -0.1) is 0 Å². The molecule has 1 amide bonds. The zero-order valence-corrected chi connectivity index (χ0v) is 13.0. The van der Waals surface area contributed by atoms with Crippen LogP contribution in [0.3, 0.4) is 0 Å². The molecule has 0 bridgehead atoms. The van der Waals surface area contributed by atoms with Gasteiger partial charge in [-0.05, 0) is 31.9 Å². The van der Waals surface area contributed by atoms with Crippen LogP contribution in [-0.4, -0.2) is 25.2 Å². The Morgan fingerprint density at radius 1 is 1.33 bits per heavy atom. The van der Waals surface area contributed by atoms with Gasteiger partial charge in [0.05, 0.1) is 18.2 Å². The van der Waals surface area contributed by atoms with Gasteiger partial charge in [-0.25, -0.2) is 0 Å². The number of nitrogens with one attached hydrogen (secondary N) is 1. The number of nitrogens with zero attached hydrogens (tertiary/aromatic N) is 1. The minimum absolute atomic E-state index is 0.171. The van der Waals surface area contributed by atoms with Gasteiger partial charge in [0.2, 0.25) is 0 Å². The van der Waals surface area contributed by atoms with Crippen LogP contribution in [0, 0.1) is 17.2 Å². The van der Waals surface area contributed by atoms with E-state index < -0.39 is 6.10 Å². The van der Waals surface area contributed by atoms with Crippen LogP contribution in [0.1, 0.15) is 33.3 Å². The topological polar surface area (TPSA) is 71.3 Å². The lowest BCUT2D eigenvalue weighted by atomic mass is 10.2. The van der Waals surface area contributed by atoms with Gasteiger partial charge >= 0.3 is 0 Å². The second-order valence-corrected chi connectivity index (χ2v) is 5.11. The van der Waals surface area contributed by atoms with Crippen LogP contribution in [0.15, 0.2) is 18.2 Å². The molecule has 1 rings (SSSR count). The first-order chi connectivity index (χ1) is 9.97. The number of amides is 1. The standard InChI is InChI=1S/C16H22N2O3/c1-5-20-15-8-13(9-17)6-7-14(15)21-12(4)16(19)18-10-11(2)3/h6-8,11-12H,5,10H2,1-4H3,(H,18,19). The molecule has 0 radical (unpaired) electrons. The molecule has 0 aliphatic carbocycles. The molecule has 0 spiro atoms. The normalized spacial score (nSPS) is 11.6. The summed E-state index contributed by atoms with van der Waals surface area (Å²) in [5.74, 6) is 1.15. The molecule has 0 saturated heterocycles. The molecular formula is C16H22N2O3. The third kappa shape index (κ3) is 5.35. The van der Waals surface area contributed by atoms with Crippen molar-refractivity contribution >= 4 is 5.91 Å². The van der Waals surface area contributed by atoms with Crippen molar-refractivity contribution < 1.29 is 14.3 Å². The third-order valence-electron chi connectivity index (χ3n) is 2.73. The summed E-state index contributed by atoms with van der Waals surface area (Å²) in [6.45, 7) is 8.65. The highest BCUT2D eigenvalue weighted by Crippen LogP contribution is 2.29. The van der Waals surface area contributed by atoms with Crippen LogP contribution in [0.5, 0.6) is 11.5 Å². The van der Waals surface area contributed by atoms with Gasteiger partial charge in [0, 0.05) is 12.6 Å². The molecule has 1 aromatic carbocycles. The summed E-state index contributed by atoms with van der Waals surface area (Å²) in [7, 11) is 0. The minimum atomic E-state index is -0.629. The first-order valence-electron chi connectivity index (χ1n) is 7.09. The van der Waals surface area contributed by atoms with Crippen LogP contribution in [-0.2, 0) is 4.79 Å². The molecule has 1 unspecified atom stereocenters. The van der Waals surface area contributed by atoms with Crippen molar-refractivity contribution in [3.63, 3.8) is 0 Å². The fraction of sp³-hybridized carbons (Fsp3) is 0.500. The van der Waals surface area contributed by atoms with E-state index >= 15 is 0 Å². The lowest BCUT2D eigenvalue weighted by Gasteiger charge is -2.18. The highest BCUT2D eigenvalue weighted by molar-refractivity contribution is 5.80. The van der Waals surface area contributed by atoms with Crippen LogP contribution >= 0.6 is 0 Å². The molecule has 5 heteroatoms. The van der Waals surface area contributed by atoms with E-state index in [1.807, 2.05) is 26.8 Å². The second-order valence-electron chi connectivity index (χ2n) is 5.11. The molecule has 0 fully saturated rings. The molecular weight excluding hydrogens is 268 g/mol. The molecule has 1 aromatic rings. The molecule has 0 aliphatic rings. The summed E-state index contributed by atoms with van der Waals surface area (Å²) in [5, 5.41) is 11.7. The first kappa shape index (κ1) is 16.8. The van der Waals surface area contributed by atoms with Crippen LogP contribution in [0.4, 0.5) is 0 Å². The summed E-state index contributed by atoms with van der Waals surface area (Å²) in [6.07, 6.45) is -0.629. The number of carbonyl (C=O) groups excluding carboxylic acids is 1. The Morgan fingerprint density at radius 3 is 2.62 bits per heavy atom. The van der Waals surface area contributed by atoms with E-state index in [-0.39, 0.29) is 5.91 Å². The molecule has 5 nitrogen and oxygen atoms in total. The van der Waals surface area contributed by atoms with E-state index in [0.29, 0.717) is 36.1 Å². The number of carbonyl (C=O) groups is 1. The predicted octanol–water partition coefficient (Wildman–Crippen LogP) is 2.50. The van der Waals surface area contributed by atoms with Crippen molar-refractivity contribution in [1.29, 1.82) is 5.26 Å². The van der Waals surface area contributed by atoms with Gasteiger partial charge in [0.15, 0.2) is 17.6 Å². The van der Waals surface area contributed by atoms with Gasteiger partial charge in [-0.3, -0.25) is 4.79 Å². The minimum Gasteiger partial charge on any atom is -0.490 e. The number of hydrogen-bond donors (Lipinski definition) is 1. The van der Waals surface area contributed by atoms with E-state index in [0.717, 1.165) is 0 Å². The van der Waals surface area contributed by atoms with Crippen molar-refractivity contribution in [2.24, 2.45) is 5.92 Å². The fourth-order valence-electron chi connectivity index (χ4n) is 1.64. The van der Waals surface area contributed by atoms with E-state index in [1.165, 1.54) is 0 Å². The largest absolute Gasteiger partial charge is 0.490 e. The smallest absolute Gasteiger partial charge is 0.260 e. The Labute approximate surface area is 125 Å². The average molecular weight is 290 g/mol. The molecule has 21 heavy (non-hydrogen) atoms. The zero-order chi connectivity index (χ0) is 15.8. The highest BCUT2D eigenvalue weighted by Gasteiger charge is 2.17. The summed E-state index contributed by atoms with van der Waals surface area (Å²) in [6, 6.07) is 6.94. The van der Waals surface area contributed by atoms with Gasteiger partial charge in [-0.2, -0.15) is 5.26 Å². The van der Waals surface area contributed by atoms with Crippen molar-refractivity contribution in [3.05, 3.63) is 23.8 Å². The Balaban J connectivity index is 2.77.